The van der Waals surface area contributed by atoms with E-state index in [1.54, 1.807) is 4.68 Å². The van der Waals surface area contributed by atoms with E-state index in [-0.39, 0.29) is 11.8 Å². The topological polar surface area (TPSA) is 60.1 Å². The number of rotatable bonds is 5. The monoisotopic (exact) mass is 265 g/mol. The van der Waals surface area contributed by atoms with Crippen molar-refractivity contribution in [1.82, 2.24) is 15.1 Å². The van der Waals surface area contributed by atoms with Crippen molar-refractivity contribution in [2.24, 2.45) is 0 Å². The summed E-state index contributed by atoms with van der Waals surface area (Å²) in [5, 5.41) is 8.00. The molecule has 0 spiro atoms. The van der Waals surface area contributed by atoms with Crippen LogP contribution in [-0.2, 0) is 6.42 Å². The van der Waals surface area contributed by atoms with Gasteiger partial charge in [0.2, 0.25) is 5.89 Å². The molecule has 19 heavy (non-hydrogen) atoms. The van der Waals surface area contributed by atoms with E-state index in [0.717, 1.165) is 32.1 Å². The van der Waals surface area contributed by atoms with Gasteiger partial charge in [-0.15, -0.1) is 5.10 Å². The summed E-state index contributed by atoms with van der Waals surface area (Å²) in [6, 6.07) is 1.36. The highest BCUT2D eigenvalue weighted by molar-refractivity contribution is 4.94. The van der Waals surface area contributed by atoms with Gasteiger partial charge in [0.15, 0.2) is 0 Å². The lowest BCUT2D eigenvalue weighted by atomic mass is 10.0. The fraction of sp³-hybridized carbons (Fsp3) is 0.857. The van der Waals surface area contributed by atoms with E-state index in [2.05, 4.69) is 17.3 Å². The summed E-state index contributed by atoms with van der Waals surface area (Å²) in [7, 11) is 0. The van der Waals surface area contributed by atoms with Gasteiger partial charge in [0.05, 0.1) is 6.04 Å². The Morgan fingerprint density at radius 2 is 2.05 bits per heavy atom. The van der Waals surface area contributed by atoms with Crippen molar-refractivity contribution < 1.29 is 4.42 Å². The number of piperidine rings is 1. The largest absolute Gasteiger partial charge is 0.437 e. The number of nitrogens with zero attached hydrogens (tertiary/aromatic N) is 2. The van der Waals surface area contributed by atoms with E-state index in [9.17, 15) is 4.79 Å². The molecule has 3 rings (SSSR count). The molecule has 2 aliphatic heterocycles. The molecule has 5 heteroatoms. The SMILES string of the molecule is CCCCCc1nn(C2CC3CCC(C2)N3)c(=O)o1. The van der Waals surface area contributed by atoms with Gasteiger partial charge in [0.1, 0.15) is 0 Å². The third-order valence-electron chi connectivity index (χ3n) is 4.40. The van der Waals surface area contributed by atoms with Gasteiger partial charge in [-0.3, -0.25) is 0 Å². The molecule has 0 aromatic carbocycles. The highest BCUT2D eigenvalue weighted by atomic mass is 16.4. The van der Waals surface area contributed by atoms with Crippen molar-refractivity contribution in [2.75, 3.05) is 0 Å². The molecule has 1 N–H and O–H groups in total. The number of hydrogen-bond acceptors (Lipinski definition) is 4. The molecule has 0 aliphatic carbocycles. The minimum Gasteiger partial charge on any atom is -0.392 e. The lowest BCUT2D eigenvalue weighted by molar-refractivity contribution is 0.269. The van der Waals surface area contributed by atoms with Gasteiger partial charge in [-0.05, 0) is 32.1 Å². The van der Waals surface area contributed by atoms with E-state index in [4.69, 9.17) is 4.42 Å². The summed E-state index contributed by atoms with van der Waals surface area (Å²) < 4.78 is 6.89. The van der Waals surface area contributed by atoms with Crippen molar-refractivity contribution >= 4 is 0 Å². The number of nitrogens with one attached hydrogen (secondary N) is 1. The summed E-state index contributed by atoms with van der Waals surface area (Å²) in [6.45, 7) is 2.17. The quantitative estimate of drug-likeness (QED) is 0.827. The lowest BCUT2D eigenvalue weighted by Crippen LogP contribution is -2.41. The Morgan fingerprint density at radius 1 is 1.32 bits per heavy atom. The van der Waals surface area contributed by atoms with Crippen molar-refractivity contribution in [3.8, 4) is 0 Å². The summed E-state index contributed by atoms with van der Waals surface area (Å²) in [5.41, 5.74) is 0. The molecule has 2 saturated heterocycles. The minimum absolute atomic E-state index is 0.231. The van der Waals surface area contributed by atoms with Gasteiger partial charge in [-0.25, -0.2) is 4.79 Å². The van der Waals surface area contributed by atoms with Gasteiger partial charge in [-0.1, -0.05) is 19.8 Å². The van der Waals surface area contributed by atoms with Gasteiger partial charge in [0, 0.05) is 18.5 Å². The average molecular weight is 265 g/mol. The van der Waals surface area contributed by atoms with Gasteiger partial charge in [0.25, 0.3) is 0 Å². The average Bonchev–Trinajstić information content (AvgIpc) is 2.93. The van der Waals surface area contributed by atoms with Gasteiger partial charge < -0.3 is 9.73 Å². The zero-order valence-corrected chi connectivity index (χ0v) is 11.6. The van der Waals surface area contributed by atoms with Crippen LogP contribution in [0.2, 0.25) is 0 Å². The Kier molecular flexibility index (Phi) is 3.73. The number of unbranched alkanes of at least 4 members (excludes halogenated alkanes) is 2. The Labute approximate surface area is 113 Å². The zero-order chi connectivity index (χ0) is 13.2. The van der Waals surface area contributed by atoms with Crippen molar-refractivity contribution in [3.05, 3.63) is 16.4 Å². The second-order valence-electron chi connectivity index (χ2n) is 5.93. The maximum atomic E-state index is 11.9. The maximum Gasteiger partial charge on any atom is 0.437 e. The summed E-state index contributed by atoms with van der Waals surface area (Å²) in [6.07, 6.45) is 8.65. The fourth-order valence-electron chi connectivity index (χ4n) is 3.41. The van der Waals surface area contributed by atoms with Crippen molar-refractivity contribution in [2.45, 2.75) is 76.4 Å². The summed E-state index contributed by atoms with van der Waals surface area (Å²) in [4.78, 5) is 11.9. The van der Waals surface area contributed by atoms with Crippen LogP contribution >= 0.6 is 0 Å². The number of fused-ring (bicyclic) bond motifs is 2. The summed E-state index contributed by atoms with van der Waals surface area (Å²) in [5.74, 6) is 0.349. The molecule has 0 radical (unpaired) electrons. The molecule has 2 unspecified atom stereocenters. The maximum absolute atomic E-state index is 11.9. The van der Waals surface area contributed by atoms with Crippen LogP contribution in [0.15, 0.2) is 9.21 Å². The highest BCUT2D eigenvalue weighted by Crippen LogP contribution is 2.32. The molecule has 2 fully saturated rings. The van der Waals surface area contributed by atoms with Crippen LogP contribution < -0.4 is 11.1 Å². The van der Waals surface area contributed by atoms with Crippen LogP contribution in [0.5, 0.6) is 0 Å². The molecule has 0 amide bonds. The second kappa shape index (κ2) is 5.49. The minimum atomic E-state index is -0.266. The van der Waals surface area contributed by atoms with Crippen molar-refractivity contribution in [1.29, 1.82) is 0 Å². The van der Waals surface area contributed by atoms with Crippen LogP contribution in [0.3, 0.4) is 0 Å². The molecule has 2 aliphatic rings. The second-order valence-corrected chi connectivity index (χ2v) is 5.93. The molecule has 1 aromatic heterocycles. The molecule has 3 heterocycles. The van der Waals surface area contributed by atoms with E-state index in [0.29, 0.717) is 18.0 Å². The number of hydrogen-bond donors (Lipinski definition) is 1. The molecule has 5 nitrogen and oxygen atoms in total. The first kappa shape index (κ1) is 12.9. The third-order valence-corrected chi connectivity index (χ3v) is 4.40. The molecule has 1 aromatic rings. The predicted octanol–water partition coefficient (Wildman–Crippen LogP) is 2.02. The first-order valence-electron chi connectivity index (χ1n) is 7.61. The molecule has 106 valence electrons. The molecule has 2 bridgehead atoms. The molecular formula is C14H23N3O2. The van der Waals surface area contributed by atoms with Crippen LogP contribution in [0, 0.1) is 0 Å². The smallest absolute Gasteiger partial charge is 0.392 e. The van der Waals surface area contributed by atoms with Crippen LogP contribution in [0.25, 0.3) is 0 Å². The molecule has 0 saturated carbocycles. The normalized spacial score (nSPS) is 29.8. The summed E-state index contributed by atoms with van der Waals surface area (Å²) >= 11 is 0. The van der Waals surface area contributed by atoms with Gasteiger partial charge >= 0.3 is 5.76 Å². The standard InChI is InChI=1S/C14H23N3O2/c1-2-3-4-5-13-16-17(14(18)19-13)12-8-10-6-7-11(9-12)15-10/h10-12,15H,2-9H2,1H3. The Morgan fingerprint density at radius 3 is 2.74 bits per heavy atom. The zero-order valence-electron chi connectivity index (χ0n) is 11.6. The van der Waals surface area contributed by atoms with Crippen LogP contribution in [0.4, 0.5) is 0 Å². The lowest BCUT2D eigenvalue weighted by Gasteiger charge is -2.28. The first-order chi connectivity index (χ1) is 9.26. The van der Waals surface area contributed by atoms with E-state index >= 15 is 0 Å². The molecule has 2 atom stereocenters. The van der Waals surface area contributed by atoms with E-state index < -0.39 is 0 Å². The van der Waals surface area contributed by atoms with Gasteiger partial charge in [-0.2, -0.15) is 4.68 Å². The van der Waals surface area contributed by atoms with E-state index in [1.165, 1.54) is 19.3 Å². The highest BCUT2D eigenvalue weighted by Gasteiger charge is 2.35. The van der Waals surface area contributed by atoms with E-state index in [1.807, 2.05) is 0 Å². The number of aromatic nitrogens is 2. The first-order valence-corrected chi connectivity index (χ1v) is 7.61. The Balaban J connectivity index is 1.69. The molecular weight excluding hydrogens is 242 g/mol. The van der Waals surface area contributed by atoms with Crippen molar-refractivity contribution in [3.63, 3.8) is 0 Å². The fourth-order valence-corrected chi connectivity index (χ4v) is 3.41. The predicted molar refractivity (Wildman–Crippen MR) is 72.2 cm³/mol. The third kappa shape index (κ3) is 2.76. The van der Waals surface area contributed by atoms with Crippen LogP contribution in [-0.4, -0.2) is 21.9 Å². The Bertz CT molecular complexity index is 467. The number of aryl methyl sites for hydroxylation is 1. The Hall–Kier alpha value is -1.10. The van der Waals surface area contributed by atoms with Crippen LogP contribution in [0.1, 0.15) is 63.8 Å².